The van der Waals surface area contributed by atoms with E-state index in [1.807, 2.05) is 0 Å². The number of carbonyl (C=O) groups excluding carboxylic acids is 1. The average molecular weight is 294 g/mol. The topological polar surface area (TPSA) is 70.6 Å². The van der Waals surface area contributed by atoms with Crippen molar-refractivity contribution >= 4 is 11.7 Å². The Bertz CT molecular complexity index is 441. The lowest BCUT2D eigenvalue weighted by Crippen LogP contribution is -2.37. The van der Waals surface area contributed by atoms with Crippen molar-refractivity contribution in [1.82, 2.24) is 5.32 Å². The summed E-state index contributed by atoms with van der Waals surface area (Å²) >= 11 is 0. The molecule has 1 rings (SSSR count). The van der Waals surface area contributed by atoms with Gasteiger partial charge in [-0.15, -0.1) is 0 Å². The summed E-state index contributed by atoms with van der Waals surface area (Å²) in [6.45, 7) is 7.13. The summed E-state index contributed by atoms with van der Waals surface area (Å²) in [4.78, 5) is 11.8. The molecule has 0 aliphatic heterocycles. The third kappa shape index (κ3) is 6.60. The molecule has 0 fully saturated rings. The maximum Gasteiger partial charge on any atom is 0.319 e. The maximum atomic E-state index is 11.8. The monoisotopic (exact) mass is 294 g/mol. The third-order valence-corrected chi connectivity index (χ3v) is 3.36. The molecule has 0 aliphatic carbocycles. The van der Waals surface area contributed by atoms with Crippen LogP contribution in [-0.4, -0.2) is 31.4 Å². The van der Waals surface area contributed by atoms with Gasteiger partial charge in [0.2, 0.25) is 0 Å². The summed E-state index contributed by atoms with van der Waals surface area (Å²) in [5.41, 5.74) is 1.51. The predicted molar refractivity (Wildman–Crippen MR) is 84.4 cm³/mol. The van der Waals surface area contributed by atoms with E-state index in [1.165, 1.54) is 0 Å². The molecule has 0 radical (unpaired) electrons. The second-order valence-electron chi connectivity index (χ2n) is 6.01. The van der Waals surface area contributed by atoms with Gasteiger partial charge in [0.15, 0.2) is 0 Å². The summed E-state index contributed by atoms with van der Waals surface area (Å²) in [7, 11) is 1.67. The number of methoxy groups -OCH3 is 1. The number of aliphatic hydroxyl groups excluding tert-OH is 1. The van der Waals surface area contributed by atoms with Crippen LogP contribution in [0.15, 0.2) is 24.3 Å². The quantitative estimate of drug-likeness (QED) is 0.724. The highest BCUT2D eigenvalue weighted by atomic mass is 16.5. The molecule has 0 spiro atoms. The van der Waals surface area contributed by atoms with Gasteiger partial charge < -0.3 is 20.5 Å². The minimum atomic E-state index is -0.505. The number of anilines is 1. The van der Waals surface area contributed by atoms with Crippen LogP contribution >= 0.6 is 0 Å². The average Bonchev–Trinajstić information content (AvgIpc) is 2.44. The molecule has 5 nitrogen and oxygen atoms in total. The maximum absolute atomic E-state index is 11.8. The van der Waals surface area contributed by atoms with Crippen molar-refractivity contribution in [3.05, 3.63) is 29.8 Å². The third-order valence-electron chi connectivity index (χ3n) is 3.36. The van der Waals surface area contributed by atoms with E-state index in [2.05, 4.69) is 24.5 Å². The van der Waals surface area contributed by atoms with Gasteiger partial charge in [-0.1, -0.05) is 26.0 Å². The Morgan fingerprint density at radius 3 is 2.48 bits per heavy atom. The van der Waals surface area contributed by atoms with Gasteiger partial charge in [-0.25, -0.2) is 4.79 Å². The predicted octanol–water partition coefficient (Wildman–Crippen LogP) is 2.92. The number of amides is 2. The molecule has 0 saturated carbocycles. The van der Waals surface area contributed by atoms with Crippen LogP contribution in [0.1, 0.15) is 38.9 Å². The summed E-state index contributed by atoms with van der Waals surface area (Å²) in [6.07, 6.45) is 0.377. The highest BCUT2D eigenvalue weighted by Gasteiger charge is 2.18. The molecule has 2 amide bonds. The van der Waals surface area contributed by atoms with Crippen LogP contribution in [0.5, 0.6) is 0 Å². The Kier molecular flexibility index (Phi) is 6.65. The number of urea groups is 1. The summed E-state index contributed by atoms with van der Waals surface area (Å²) in [6, 6.07) is 6.91. The van der Waals surface area contributed by atoms with Gasteiger partial charge in [0.25, 0.3) is 0 Å². The molecule has 118 valence electrons. The van der Waals surface area contributed by atoms with E-state index in [1.54, 1.807) is 38.3 Å². The van der Waals surface area contributed by atoms with E-state index in [9.17, 15) is 9.90 Å². The Balaban J connectivity index is 2.43. The largest absolute Gasteiger partial charge is 0.389 e. The lowest BCUT2D eigenvalue weighted by molar-refractivity contribution is 0.151. The second-order valence-corrected chi connectivity index (χ2v) is 6.01. The first-order valence-corrected chi connectivity index (χ1v) is 7.16. The first-order valence-electron chi connectivity index (χ1n) is 7.16. The van der Waals surface area contributed by atoms with E-state index in [-0.39, 0.29) is 11.4 Å². The highest BCUT2D eigenvalue weighted by molar-refractivity contribution is 5.89. The van der Waals surface area contributed by atoms with Crippen molar-refractivity contribution in [2.24, 2.45) is 5.41 Å². The summed E-state index contributed by atoms with van der Waals surface area (Å²) in [5.74, 6) is 0. The van der Waals surface area contributed by atoms with Gasteiger partial charge in [-0.3, -0.25) is 0 Å². The van der Waals surface area contributed by atoms with Crippen molar-refractivity contribution in [1.29, 1.82) is 0 Å². The van der Waals surface area contributed by atoms with Crippen molar-refractivity contribution in [2.75, 3.05) is 25.6 Å². The molecule has 0 heterocycles. The number of carbonyl (C=O) groups is 1. The number of nitrogens with one attached hydrogen (secondary N) is 2. The van der Waals surface area contributed by atoms with Gasteiger partial charge in [0, 0.05) is 25.9 Å². The minimum Gasteiger partial charge on any atom is -0.389 e. The van der Waals surface area contributed by atoms with E-state index >= 15 is 0 Å². The first kappa shape index (κ1) is 17.5. The fourth-order valence-electron chi connectivity index (χ4n) is 1.81. The lowest BCUT2D eigenvalue weighted by Gasteiger charge is -2.24. The van der Waals surface area contributed by atoms with Crippen LogP contribution in [0, 0.1) is 5.41 Å². The molecule has 1 atom stereocenters. The molecule has 0 aromatic heterocycles. The molecule has 5 heteroatoms. The lowest BCUT2D eigenvalue weighted by atomic mass is 9.90. The van der Waals surface area contributed by atoms with E-state index in [4.69, 9.17) is 4.74 Å². The van der Waals surface area contributed by atoms with E-state index < -0.39 is 6.10 Å². The van der Waals surface area contributed by atoms with Crippen LogP contribution in [0.4, 0.5) is 10.5 Å². The smallest absolute Gasteiger partial charge is 0.319 e. The standard InChI is InChI=1S/C16H26N2O3/c1-12(19)13-5-7-14(8-6-13)18-15(20)17-11-16(2,3)9-10-21-4/h5-8,12,19H,9-11H2,1-4H3,(H2,17,18,20). The van der Waals surface area contributed by atoms with Crippen molar-refractivity contribution in [2.45, 2.75) is 33.3 Å². The normalized spacial score (nSPS) is 12.8. The van der Waals surface area contributed by atoms with Crippen molar-refractivity contribution in [3.8, 4) is 0 Å². The molecule has 1 aromatic rings. The summed E-state index contributed by atoms with van der Waals surface area (Å²) in [5, 5.41) is 15.1. The number of aliphatic hydroxyl groups is 1. The molecule has 3 N–H and O–H groups in total. The fourth-order valence-corrected chi connectivity index (χ4v) is 1.81. The molecular formula is C16H26N2O3. The molecule has 1 unspecified atom stereocenters. The van der Waals surface area contributed by atoms with Crippen LogP contribution in [-0.2, 0) is 4.74 Å². The Labute approximate surface area is 126 Å². The Hall–Kier alpha value is -1.59. The van der Waals surface area contributed by atoms with Crippen LogP contribution < -0.4 is 10.6 Å². The number of rotatable bonds is 7. The zero-order chi connectivity index (χ0) is 15.9. The van der Waals surface area contributed by atoms with Crippen LogP contribution in [0.2, 0.25) is 0 Å². The molecule has 0 aliphatic rings. The molecule has 0 bridgehead atoms. The number of hydrogen-bond donors (Lipinski definition) is 3. The number of hydrogen-bond acceptors (Lipinski definition) is 3. The Morgan fingerprint density at radius 1 is 1.33 bits per heavy atom. The molecule has 0 saturated heterocycles. The van der Waals surface area contributed by atoms with Gasteiger partial charge in [0.05, 0.1) is 6.10 Å². The zero-order valence-corrected chi connectivity index (χ0v) is 13.3. The van der Waals surface area contributed by atoms with Crippen LogP contribution in [0.3, 0.4) is 0 Å². The van der Waals surface area contributed by atoms with E-state index in [0.717, 1.165) is 12.0 Å². The minimum absolute atomic E-state index is 0.0104. The van der Waals surface area contributed by atoms with Gasteiger partial charge in [-0.05, 0) is 36.5 Å². The fraction of sp³-hybridized carbons (Fsp3) is 0.562. The van der Waals surface area contributed by atoms with E-state index in [0.29, 0.717) is 18.8 Å². The first-order chi connectivity index (χ1) is 9.84. The molecule has 21 heavy (non-hydrogen) atoms. The molecular weight excluding hydrogens is 268 g/mol. The van der Waals surface area contributed by atoms with Gasteiger partial charge in [-0.2, -0.15) is 0 Å². The molecule has 1 aromatic carbocycles. The number of ether oxygens (including phenoxy) is 1. The zero-order valence-electron chi connectivity index (χ0n) is 13.3. The SMILES string of the molecule is COCCC(C)(C)CNC(=O)Nc1ccc(C(C)O)cc1. The second kappa shape index (κ2) is 8.00. The van der Waals surface area contributed by atoms with Crippen molar-refractivity contribution in [3.63, 3.8) is 0 Å². The van der Waals surface area contributed by atoms with Gasteiger partial charge in [0.1, 0.15) is 0 Å². The van der Waals surface area contributed by atoms with Crippen molar-refractivity contribution < 1.29 is 14.6 Å². The number of benzene rings is 1. The van der Waals surface area contributed by atoms with Crippen LogP contribution in [0.25, 0.3) is 0 Å². The highest BCUT2D eigenvalue weighted by Crippen LogP contribution is 2.19. The Morgan fingerprint density at radius 2 is 1.95 bits per heavy atom. The summed E-state index contributed by atoms with van der Waals surface area (Å²) < 4.78 is 5.06. The van der Waals surface area contributed by atoms with Gasteiger partial charge >= 0.3 is 6.03 Å².